The Labute approximate surface area is 219 Å². The summed E-state index contributed by atoms with van der Waals surface area (Å²) in [5.41, 5.74) is 6.34. The van der Waals surface area contributed by atoms with Gasteiger partial charge in [0.2, 0.25) is 5.69 Å². The molecule has 4 heteroatoms. The Balaban J connectivity index is 1.52. The first-order valence-electron chi connectivity index (χ1n) is 14.1. The molecule has 1 N–H and O–H groups in total. The van der Waals surface area contributed by atoms with E-state index in [2.05, 4.69) is 80.9 Å². The Bertz CT molecular complexity index is 1000. The van der Waals surface area contributed by atoms with Gasteiger partial charge in [-0.15, -0.1) is 0 Å². The highest BCUT2D eigenvalue weighted by molar-refractivity contribution is 5.80. The van der Waals surface area contributed by atoms with Gasteiger partial charge in [-0.25, -0.2) is 4.79 Å². The van der Waals surface area contributed by atoms with Crippen LogP contribution in [0.15, 0.2) is 42.5 Å². The van der Waals surface area contributed by atoms with Gasteiger partial charge in [0.25, 0.3) is 0 Å². The standard InChI is InChI=1S/C32H46N2O2/c1-5-6-7-8-9-10-11-12-13-21-34(31(35)36)24-26-14-15-28-25-33(22-20-27(28)23-26)30-18-16-29(17-19-30)32(2,3)4/h14-19,23,25H,5-13,20-22,24H2,1-4H3/p+1. The number of rotatable bonds is 13. The van der Waals surface area contributed by atoms with E-state index in [1.54, 1.807) is 4.90 Å². The lowest BCUT2D eigenvalue weighted by atomic mass is 9.87. The zero-order valence-corrected chi connectivity index (χ0v) is 23.1. The Kier molecular flexibility index (Phi) is 10.6. The van der Waals surface area contributed by atoms with Gasteiger partial charge in [0.1, 0.15) is 0 Å². The SMILES string of the molecule is CCCCCCCCCCCN(Cc1ccc2c(c1)CC[N+](c1ccc(C(C)(C)C)cc1)=C2)C(=O)O. The van der Waals surface area contributed by atoms with Crippen LogP contribution in [0, 0.1) is 0 Å². The Morgan fingerprint density at radius 1 is 0.917 bits per heavy atom. The summed E-state index contributed by atoms with van der Waals surface area (Å²) >= 11 is 0. The predicted molar refractivity (Wildman–Crippen MR) is 151 cm³/mol. The maximum atomic E-state index is 11.9. The molecule has 1 heterocycles. The van der Waals surface area contributed by atoms with E-state index < -0.39 is 6.09 Å². The summed E-state index contributed by atoms with van der Waals surface area (Å²) in [5, 5.41) is 9.74. The summed E-state index contributed by atoms with van der Waals surface area (Å²) < 4.78 is 2.32. The van der Waals surface area contributed by atoms with Crippen LogP contribution < -0.4 is 0 Å². The minimum atomic E-state index is -0.816. The molecule has 0 aromatic heterocycles. The normalized spacial score (nSPS) is 13.3. The van der Waals surface area contributed by atoms with Gasteiger partial charge >= 0.3 is 6.09 Å². The molecule has 3 rings (SSSR count). The van der Waals surface area contributed by atoms with Crippen LogP contribution in [0.5, 0.6) is 0 Å². The third-order valence-corrected chi connectivity index (χ3v) is 7.36. The van der Waals surface area contributed by atoms with Gasteiger partial charge in [-0.2, -0.15) is 4.58 Å². The van der Waals surface area contributed by atoms with Crippen molar-refractivity contribution in [1.82, 2.24) is 4.90 Å². The molecule has 4 nitrogen and oxygen atoms in total. The number of fused-ring (bicyclic) bond motifs is 1. The van der Waals surface area contributed by atoms with Crippen LogP contribution in [-0.2, 0) is 18.4 Å². The molecule has 1 aliphatic heterocycles. The molecule has 1 aliphatic rings. The van der Waals surface area contributed by atoms with Crippen LogP contribution in [-0.4, -0.2) is 40.0 Å². The largest absolute Gasteiger partial charge is 0.465 e. The highest BCUT2D eigenvalue weighted by Crippen LogP contribution is 2.26. The van der Waals surface area contributed by atoms with Crippen molar-refractivity contribution in [2.75, 3.05) is 13.1 Å². The smallest absolute Gasteiger partial charge is 0.407 e. The van der Waals surface area contributed by atoms with Crippen LogP contribution in [0.25, 0.3) is 0 Å². The fourth-order valence-corrected chi connectivity index (χ4v) is 5.01. The topological polar surface area (TPSA) is 43.5 Å². The molecule has 196 valence electrons. The highest BCUT2D eigenvalue weighted by Gasteiger charge is 2.21. The van der Waals surface area contributed by atoms with Crippen LogP contribution >= 0.6 is 0 Å². The summed E-state index contributed by atoms with van der Waals surface area (Å²) in [5.74, 6) is 0. The number of carboxylic acid groups (broad SMARTS) is 1. The molecule has 0 saturated heterocycles. The fourth-order valence-electron chi connectivity index (χ4n) is 5.01. The molecule has 0 fully saturated rings. The van der Waals surface area contributed by atoms with Crippen molar-refractivity contribution in [2.45, 2.75) is 104 Å². The average Bonchev–Trinajstić information content (AvgIpc) is 2.86. The van der Waals surface area contributed by atoms with Crippen molar-refractivity contribution in [1.29, 1.82) is 0 Å². The van der Waals surface area contributed by atoms with Crippen molar-refractivity contribution in [2.24, 2.45) is 0 Å². The van der Waals surface area contributed by atoms with E-state index in [9.17, 15) is 9.90 Å². The molecule has 0 spiro atoms. The number of nitrogens with zero attached hydrogens (tertiary/aromatic N) is 2. The molecule has 0 atom stereocenters. The van der Waals surface area contributed by atoms with E-state index in [1.807, 2.05) is 0 Å². The predicted octanol–water partition coefficient (Wildman–Crippen LogP) is 8.31. The van der Waals surface area contributed by atoms with Gasteiger partial charge in [0, 0.05) is 37.2 Å². The third kappa shape index (κ3) is 8.50. The molecule has 2 aromatic rings. The first-order valence-corrected chi connectivity index (χ1v) is 14.1. The minimum Gasteiger partial charge on any atom is -0.465 e. The summed E-state index contributed by atoms with van der Waals surface area (Å²) in [4.78, 5) is 13.4. The van der Waals surface area contributed by atoms with Crippen molar-refractivity contribution in [3.8, 4) is 0 Å². The average molecular weight is 492 g/mol. The number of amides is 1. The van der Waals surface area contributed by atoms with Crippen LogP contribution in [0.2, 0.25) is 0 Å². The molecule has 0 radical (unpaired) electrons. The molecule has 36 heavy (non-hydrogen) atoms. The van der Waals surface area contributed by atoms with Gasteiger partial charge in [-0.3, -0.25) is 0 Å². The molecule has 0 saturated carbocycles. The van der Waals surface area contributed by atoms with Gasteiger partial charge < -0.3 is 10.0 Å². The van der Waals surface area contributed by atoms with Gasteiger partial charge in [-0.1, -0.05) is 103 Å². The number of hydrogen-bond acceptors (Lipinski definition) is 1. The summed E-state index contributed by atoms with van der Waals surface area (Å²) in [6.45, 7) is 11.0. The Hall–Kier alpha value is -2.62. The lowest BCUT2D eigenvalue weighted by molar-refractivity contribution is -0.436. The van der Waals surface area contributed by atoms with E-state index in [-0.39, 0.29) is 5.41 Å². The zero-order chi connectivity index (χ0) is 26.0. The van der Waals surface area contributed by atoms with Crippen molar-refractivity contribution < 1.29 is 14.5 Å². The first kappa shape index (κ1) is 28.0. The fraction of sp³-hybridized carbons (Fsp3) is 0.562. The lowest BCUT2D eigenvalue weighted by Gasteiger charge is -2.21. The van der Waals surface area contributed by atoms with E-state index in [0.717, 1.165) is 31.4 Å². The molecule has 2 aromatic carbocycles. The van der Waals surface area contributed by atoms with Crippen molar-refractivity contribution in [3.63, 3.8) is 0 Å². The monoisotopic (exact) mass is 491 g/mol. The minimum absolute atomic E-state index is 0.158. The lowest BCUT2D eigenvalue weighted by Crippen LogP contribution is -2.30. The van der Waals surface area contributed by atoms with E-state index in [1.165, 1.54) is 67.3 Å². The second-order valence-electron chi connectivity index (χ2n) is 11.4. The highest BCUT2D eigenvalue weighted by atomic mass is 16.4. The van der Waals surface area contributed by atoms with Gasteiger partial charge in [0.05, 0.1) is 0 Å². The molecular formula is C32H47N2O2+. The van der Waals surface area contributed by atoms with Crippen LogP contribution in [0.1, 0.15) is 108 Å². The van der Waals surface area contributed by atoms with Crippen LogP contribution in [0.4, 0.5) is 10.5 Å². The Morgan fingerprint density at radius 2 is 1.56 bits per heavy atom. The van der Waals surface area contributed by atoms with E-state index in [4.69, 9.17) is 0 Å². The summed E-state index contributed by atoms with van der Waals surface area (Å²) in [6, 6.07) is 15.3. The van der Waals surface area contributed by atoms with Crippen molar-refractivity contribution in [3.05, 3.63) is 64.7 Å². The Morgan fingerprint density at radius 3 is 2.17 bits per heavy atom. The summed E-state index contributed by atoms with van der Waals surface area (Å²) in [7, 11) is 0. The summed E-state index contributed by atoms with van der Waals surface area (Å²) in [6.07, 6.45) is 13.6. The van der Waals surface area contributed by atoms with Crippen LogP contribution in [0.3, 0.4) is 0 Å². The molecule has 0 bridgehead atoms. The second kappa shape index (κ2) is 13.6. The maximum Gasteiger partial charge on any atom is 0.407 e. The number of hydrogen-bond donors (Lipinski definition) is 1. The number of carbonyl (C=O) groups is 1. The quantitative estimate of drug-likeness (QED) is 0.226. The first-order chi connectivity index (χ1) is 17.3. The number of unbranched alkanes of at least 4 members (excludes halogenated alkanes) is 8. The third-order valence-electron chi connectivity index (χ3n) is 7.36. The van der Waals surface area contributed by atoms with E-state index in [0.29, 0.717) is 13.1 Å². The number of benzene rings is 2. The second-order valence-corrected chi connectivity index (χ2v) is 11.4. The van der Waals surface area contributed by atoms with E-state index >= 15 is 0 Å². The maximum absolute atomic E-state index is 11.9. The van der Waals surface area contributed by atoms with Gasteiger partial charge in [-0.05, 0) is 34.6 Å². The molecule has 1 amide bonds. The van der Waals surface area contributed by atoms with Gasteiger partial charge in [0.15, 0.2) is 12.8 Å². The van der Waals surface area contributed by atoms with Crippen molar-refractivity contribution >= 4 is 18.0 Å². The zero-order valence-electron chi connectivity index (χ0n) is 23.1. The molecular weight excluding hydrogens is 444 g/mol. The molecule has 0 aliphatic carbocycles. The molecule has 0 unspecified atom stereocenters.